The minimum atomic E-state index is -0.758. The summed E-state index contributed by atoms with van der Waals surface area (Å²) < 4.78 is 6.56. The van der Waals surface area contributed by atoms with Gasteiger partial charge in [0, 0.05) is 87.3 Å². The molecule has 0 aliphatic carbocycles. The highest BCUT2D eigenvalue weighted by Crippen LogP contribution is 2.34. The highest BCUT2D eigenvalue weighted by molar-refractivity contribution is 7.13. The quantitative estimate of drug-likeness (QED) is 0.0620. The molecule has 0 unspecified atom stereocenters. The van der Waals surface area contributed by atoms with E-state index in [-0.39, 0.29) is 49.6 Å². The molecule has 3 aromatic heterocycles. The molecule has 17 heteroatoms. The fourth-order valence-corrected chi connectivity index (χ4v) is 11.4. The van der Waals surface area contributed by atoms with E-state index in [1.54, 1.807) is 33.5 Å². The van der Waals surface area contributed by atoms with E-state index in [1.807, 2.05) is 86.9 Å². The van der Waals surface area contributed by atoms with E-state index in [0.717, 1.165) is 100 Å². The van der Waals surface area contributed by atoms with Gasteiger partial charge in [0.2, 0.25) is 5.91 Å². The van der Waals surface area contributed by atoms with Crippen LogP contribution in [0, 0.1) is 12.8 Å². The number of halogens is 1. The summed E-state index contributed by atoms with van der Waals surface area (Å²) in [4.78, 5) is 67.7. The molecule has 0 saturated carbocycles. The Morgan fingerprint density at radius 2 is 1.67 bits per heavy atom. The van der Waals surface area contributed by atoms with Crippen LogP contribution in [0.5, 0.6) is 5.75 Å². The number of carbonyl (C=O) groups excluding carboxylic acids is 3. The topological polar surface area (TPSA) is 172 Å². The second-order valence-electron chi connectivity index (χ2n) is 19.7. The third kappa shape index (κ3) is 11.3. The first-order valence-electron chi connectivity index (χ1n) is 25.1. The van der Waals surface area contributed by atoms with Crippen LogP contribution < -0.4 is 15.4 Å². The number of hydrogen-bond donors (Lipinski definition) is 4. The first-order valence-corrected chi connectivity index (χ1v) is 26.3. The van der Waals surface area contributed by atoms with E-state index in [9.17, 15) is 19.5 Å². The zero-order chi connectivity index (χ0) is 50.6. The second-order valence-corrected chi connectivity index (χ2v) is 20.9. The number of benzene rings is 4. The molecule has 2 amide bonds. The van der Waals surface area contributed by atoms with Crippen LogP contribution in [0.1, 0.15) is 58.6 Å². The van der Waals surface area contributed by atoms with Crippen LogP contribution in [0.3, 0.4) is 0 Å². The number of ketones is 1. The van der Waals surface area contributed by atoms with Crippen LogP contribution in [0.2, 0.25) is 5.02 Å². The minimum Gasteiger partial charge on any atom is -0.492 e. The van der Waals surface area contributed by atoms with Crippen LogP contribution in [0.25, 0.3) is 32.7 Å². The molecule has 2 saturated heterocycles. The van der Waals surface area contributed by atoms with Gasteiger partial charge in [-0.1, -0.05) is 98.2 Å². The van der Waals surface area contributed by atoms with Crippen molar-refractivity contribution in [3.8, 4) is 27.4 Å². The molecule has 10 rings (SSSR count). The average Bonchev–Trinajstić information content (AvgIpc) is 4.19. The van der Waals surface area contributed by atoms with E-state index in [2.05, 4.69) is 70.7 Å². The molecule has 3 aliphatic heterocycles. The third-order valence-electron chi connectivity index (χ3n) is 14.3. The fourth-order valence-electron chi connectivity index (χ4n) is 10.4. The van der Waals surface area contributed by atoms with E-state index in [0.29, 0.717) is 36.0 Å². The number of anilines is 1. The number of piperazine rings is 1. The number of ether oxygens (including phenoxy) is 1. The molecular weight excluding hydrogens is 960 g/mol. The molecule has 3 atom stereocenters. The maximum Gasteiger partial charge on any atom is 0.255 e. The maximum atomic E-state index is 14.0. The van der Waals surface area contributed by atoms with Crippen molar-refractivity contribution in [2.24, 2.45) is 5.92 Å². The van der Waals surface area contributed by atoms with E-state index in [4.69, 9.17) is 16.3 Å². The molecule has 0 spiro atoms. The standard InChI is InChI=1S/C56H61ClN10O5S/c1-35(2)51(67-30-42-9-4-6-10-44(42)56(67)71)49(69)32-66-31-43(68)25-48(66)55(70)59-28-41-17-16-39(52-36(3)62-34-73-52)24-50(41)72-23-22-64-18-20-65(21-19-64)29-37-12-14-38(15-13-37)47-26-45-53(60-33-61-54(45)63-47)58-27-40-8-5-7-11-46(40)57/h4-17,24,26,33-35,43,48,51,68H,18-23,25,27-32H2,1-3H3,(H,59,70)(H2,58,60,61,63)/t43-,48+,51+/m1/s1. The molecule has 6 heterocycles. The Balaban J connectivity index is 0.721. The van der Waals surface area contributed by atoms with Crippen molar-refractivity contribution in [3.05, 3.63) is 147 Å². The van der Waals surface area contributed by atoms with Crippen molar-refractivity contribution >= 4 is 57.4 Å². The number of fused-ring (bicyclic) bond motifs is 2. The lowest BCUT2D eigenvalue weighted by Crippen LogP contribution is -2.51. The zero-order valence-corrected chi connectivity index (χ0v) is 43.0. The van der Waals surface area contributed by atoms with Gasteiger partial charge in [0.15, 0.2) is 5.78 Å². The Morgan fingerprint density at radius 3 is 2.44 bits per heavy atom. The lowest BCUT2D eigenvalue weighted by atomic mass is 9.97. The summed E-state index contributed by atoms with van der Waals surface area (Å²) >= 11 is 7.97. The van der Waals surface area contributed by atoms with Gasteiger partial charge in [0.05, 0.1) is 46.2 Å². The Morgan fingerprint density at radius 1 is 0.904 bits per heavy atom. The number of Topliss-reactive ketones (excluding diaryl/α,β-unsaturated/α-hetero) is 1. The van der Waals surface area contributed by atoms with Crippen molar-refractivity contribution < 1.29 is 24.2 Å². The highest BCUT2D eigenvalue weighted by atomic mass is 35.5. The summed E-state index contributed by atoms with van der Waals surface area (Å²) in [5.74, 6) is 0.734. The molecule has 0 bridgehead atoms. The molecule has 378 valence electrons. The summed E-state index contributed by atoms with van der Waals surface area (Å²) in [6.07, 6.45) is 1.01. The van der Waals surface area contributed by atoms with Crippen LogP contribution in [-0.2, 0) is 35.8 Å². The number of rotatable bonds is 19. The van der Waals surface area contributed by atoms with Crippen LogP contribution in [0.4, 0.5) is 5.82 Å². The Labute approximate surface area is 434 Å². The van der Waals surface area contributed by atoms with E-state index in [1.165, 1.54) is 5.56 Å². The number of aromatic amines is 1. The minimum absolute atomic E-state index is 0.0487. The molecule has 2 fully saturated rings. The molecule has 0 radical (unpaired) electrons. The number of aryl methyl sites for hydroxylation is 1. The maximum absolute atomic E-state index is 14.0. The molecule has 7 aromatic rings. The van der Waals surface area contributed by atoms with E-state index < -0.39 is 18.2 Å². The molecule has 15 nitrogen and oxygen atoms in total. The van der Waals surface area contributed by atoms with Crippen LogP contribution in [-0.4, -0.2) is 133 Å². The van der Waals surface area contributed by atoms with Gasteiger partial charge in [-0.15, -0.1) is 11.3 Å². The van der Waals surface area contributed by atoms with Gasteiger partial charge >= 0.3 is 0 Å². The van der Waals surface area contributed by atoms with Gasteiger partial charge in [-0.2, -0.15) is 0 Å². The normalized spacial score (nSPS) is 17.9. The van der Waals surface area contributed by atoms with Crippen molar-refractivity contribution in [2.75, 3.05) is 57.7 Å². The van der Waals surface area contributed by atoms with Crippen molar-refractivity contribution in [1.82, 2.24) is 44.9 Å². The van der Waals surface area contributed by atoms with Gasteiger partial charge in [0.25, 0.3) is 5.91 Å². The van der Waals surface area contributed by atoms with Gasteiger partial charge < -0.3 is 30.4 Å². The number of nitrogens with one attached hydrogen (secondary N) is 3. The lowest BCUT2D eigenvalue weighted by Gasteiger charge is -2.34. The van der Waals surface area contributed by atoms with Crippen LogP contribution in [0.15, 0.2) is 109 Å². The Hall–Kier alpha value is -6.53. The first kappa shape index (κ1) is 50.0. The average molecular weight is 1020 g/mol. The predicted molar refractivity (Wildman–Crippen MR) is 285 cm³/mol. The number of hydrogen-bond acceptors (Lipinski definition) is 13. The SMILES string of the molecule is Cc1ncsc1-c1ccc(CNC(=O)[C@@H]2C[C@@H](O)CN2CC(=O)[C@H](C(C)C)N2Cc3ccccc3C2=O)c(OCCN2CCN(Cc3ccc(-c4cc5c(NCc6ccccc6Cl)ncnc5[nH]4)cc3)CC2)c1. The summed E-state index contributed by atoms with van der Waals surface area (Å²) in [5.41, 5.74) is 11.2. The van der Waals surface area contributed by atoms with Crippen molar-refractivity contribution in [3.63, 3.8) is 0 Å². The second kappa shape index (κ2) is 22.3. The summed E-state index contributed by atoms with van der Waals surface area (Å²) in [7, 11) is 0. The number of aliphatic hydroxyl groups excluding tert-OH is 1. The van der Waals surface area contributed by atoms with Gasteiger partial charge in [0.1, 0.15) is 30.1 Å². The lowest BCUT2D eigenvalue weighted by molar-refractivity contribution is -0.129. The van der Waals surface area contributed by atoms with Crippen LogP contribution >= 0.6 is 22.9 Å². The number of H-pyrrole nitrogens is 1. The molecule has 73 heavy (non-hydrogen) atoms. The van der Waals surface area contributed by atoms with Gasteiger partial charge in [-0.25, -0.2) is 15.0 Å². The van der Waals surface area contributed by atoms with E-state index >= 15 is 0 Å². The molecule has 4 aromatic carbocycles. The Kier molecular flexibility index (Phi) is 15.3. The molecule has 3 aliphatic rings. The van der Waals surface area contributed by atoms with Crippen molar-refractivity contribution in [2.45, 2.75) is 71.6 Å². The summed E-state index contributed by atoms with van der Waals surface area (Å²) in [6, 6.07) is 30.7. The molecule has 4 N–H and O–H groups in total. The smallest absolute Gasteiger partial charge is 0.255 e. The summed E-state index contributed by atoms with van der Waals surface area (Å²) in [5, 5.41) is 18.9. The zero-order valence-electron chi connectivity index (χ0n) is 41.4. The number of thiazole rings is 1. The third-order valence-corrected chi connectivity index (χ3v) is 15.7. The number of β-amino-alcohol motifs (C(OH)–C–C–N with tert-alkyl or cyclic N) is 1. The first-order chi connectivity index (χ1) is 35.4. The monoisotopic (exact) mass is 1020 g/mol. The number of carbonyl (C=O) groups is 3. The largest absolute Gasteiger partial charge is 0.492 e. The number of nitrogens with zero attached hydrogens (tertiary/aromatic N) is 7. The number of likely N-dealkylation sites (tertiary alicyclic amines) is 1. The number of amides is 2. The fraction of sp³-hybridized carbons (Fsp3) is 0.357. The van der Waals surface area contributed by atoms with Crippen molar-refractivity contribution in [1.29, 1.82) is 0 Å². The number of aromatic nitrogens is 4. The molecular formula is C56H61ClN10O5S. The number of aliphatic hydroxyl groups is 1. The highest BCUT2D eigenvalue weighted by Gasteiger charge is 2.42. The predicted octanol–water partition coefficient (Wildman–Crippen LogP) is 7.82. The van der Waals surface area contributed by atoms with Gasteiger partial charge in [-0.05, 0) is 71.3 Å². The summed E-state index contributed by atoms with van der Waals surface area (Å²) in [6.45, 7) is 12.9. The Bertz CT molecular complexity index is 3100. The van der Waals surface area contributed by atoms with Gasteiger partial charge in [-0.3, -0.25) is 29.1 Å².